The van der Waals surface area contributed by atoms with Crippen LogP contribution in [-0.4, -0.2) is 23.6 Å². The normalized spacial score (nSPS) is 11.7. The summed E-state index contributed by atoms with van der Waals surface area (Å²) in [5, 5.41) is 3.15. The summed E-state index contributed by atoms with van der Waals surface area (Å²) >= 11 is 0. The number of hydrogen-bond donors (Lipinski definition) is 1. The number of rotatable bonds is 4. The van der Waals surface area contributed by atoms with Gasteiger partial charge in [0.2, 0.25) is 0 Å². The fourth-order valence-corrected chi connectivity index (χ4v) is 1.66. The predicted molar refractivity (Wildman–Crippen MR) is 66.9 cm³/mol. The molecule has 0 aliphatic heterocycles. The molecule has 1 N–H and O–H groups in total. The Kier molecular flexibility index (Phi) is 3.34. The van der Waals surface area contributed by atoms with Gasteiger partial charge in [0.25, 0.3) is 0 Å². The van der Waals surface area contributed by atoms with Gasteiger partial charge in [0.05, 0.1) is 7.11 Å². The summed E-state index contributed by atoms with van der Waals surface area (Å²) in [5.74, 6) is -0.289. The van der Waals surface area contributed by atoms with E-state index in [4.69, 9.17) is 9.15 Å². The Bertz CT molecular complexity index is 560. The number of nitrogens with zero attached hydrogens (tertiary/aromatic N) is 1. The first-order chi connectivity index (χ1) is 8.53. The summed E-state index contributed by atoms with van der Waals surface area (Å²) in [6.07, 6.45) is 1.42. The number of carbonyl (C=O) groups is 1. The maximum atomic E-state index is 11.5. The van der Waals surface area contributed by atoms with Crippen molar-refractivity contribution in [2.45, 2.75) is 25.9 Å². The van der Waals surface area contributed by atoms with Crippen LogP contribution in [0.15, 0.2) is 29.0 Å². The molecule has 1 aromatic heterocycles. The molecule has 0 aliphatic rings. The lowest BCUT2D eigenvalue weighted by atomic mass is 10.1. The average molecular weight is 248 g/mol. The first-order valence-corrected chi connectivity index (χ1v) is 5.68. The third-order valence-corrected chi connectivity index (χ3v) is 2.83. The van der Waals surface area contributed by atoms with Gasteiger partial charge in [-0.25, -0.2) is 4.98 Å². The molecule has 0 saturated carbocycles. The molecule has 0 aliphatic carbocycles. The average Bonchev–Trinajstić information content (AvgIpc) is 2.82. The van der Waals surface area contributed by atoms with E-state index in [-0.39, 0.29) is 5.97 Å². The lowest BCUT2D eigenvalue weighted by Crippen LogP contribution is -2.46. The highest BCUT2D eigenvalue weighted by atomic mass is 16.5. The second-order valence-corrected chi connectivity index (χ2v) is 4.62. The molecule has 0 atom stereocenters. The number of fused-ring (bicyclic) bond motifs is 1. The summed E-state index contributed by atoms with van der Waals surface area (Å²) in [6, 6.07) is 5.74. The lowest BCUT2D eigenvalue weighted by Gasteiger charge is -2.23. The molecule has 5 heteroatoms. The summed E-state index contributed by atoms with van der Waals surface area (Å²) < 4.78 is 9.96. The molecule has 18 heavy (non-hydrogen) atoms. The minimum atomic E-state index is -0.717. The van der Waals surface area contributed by atoms with Crippen molar-refractivity contribution in [3.63, 3.8) is 0 Å². The highest BCUT2D eigenvalue weighted by Gasteiger charge is 2.27. The molecule has 0 bridgehead atoms. The van der Waals surface area contributed by atoms with Crippen molar-refractivity contribution in [1.29, 1.82) is 0 Å². The molecule has 2 aromatic rings. The van der Waals surface area contributed by atoms with E-state index in [1.165, 1.54) is 13.5 Å². The zero-order valence-electron chi connectivity index (χ0n) is 10.7. The number of aromatic nitrogens is 1. The summed E-state index contributed by atoms with van der Waals surface area (Å²) in [5.41, 5.74) is 1.87. The van der Waals surface area contributed by atoms with Crippen molar-refractivity contribution in [2.24, 2.45) is 0 Å². The first-order valence-electron chi connectivity index (χ1n) is 5.68. The van der Waals surface area contributed by atoms with Crippen LogP contribution < -0.4 is 5.32 Å². The van der Waals surface area contributed by atoms with Crippen molar-refractivity contribution >= 4 is 17.1 Å². The van der Waals surface area contributed by atoms with E-state index in [9.17, 15) is 4.79 Å². The van der Waals surface area contributed by atoms with Gasteiger partial charge in [-0.05, 0) is 31.5 Å². The minimum Gasteiger partial charge on any atom is -0.468 e. The van der Waals surface area contributed by atoms with Crippen LogP contribution in [0.5, 0.6) is 0 Å². The Morgan fingerprint density at radius 3 is 3.00 bits per heavy atom. The van der Waals surface area contributed by atoms with E-state index in [1.54, 1.807) is 13.8 Å². The van der Waals surface area contributed by atoms with Gasteiger partial charge in [-0.1, -0.05) is 6.07 Å². The maximum Gasteiger partial charge on any atom is 0.325 e. The number of esters is 1. The van der Waals surface area contributed by atoms with Crippen LogP contribution in [0.4, 0.5) is 0 Å². The smallest absolute Gasteiger partial charge is 0.325 e. The van der Waals surface area contributed by atoms with Gasteiger partial charge in [0, 0.05) is 6.54 Å². The number of ether oxygens (including phenoxy) is 1. The largest absolute Gasteiger partial charge is 0.468 e. The van der Waals surface area contributed by atoms with E-state index in [0.717, 1.165) is 16.7 Å². The molecule has 0 spiro atoms. The van der Waals surface area contributed by atoms with Crippen molar-refractivity contribution in [1.82, 2.24) is 10.3 Å². The molecule has 5 nitrogen and oxygen atoms in total. The van der Waals surface area contributed by atoms with E-state index >= 15 is 0 Å². The Labute approximate surface area is 105 Å². The van der Waals surface area contributed by atoms with E-state index < -0.39 is 5.54 Å². The number of benzene rings is 1. The molecule has 2 rings (SSSR count). The second kappa shape index (κ2) is 4.78. The minimum absolute atomic E-state index is 0.289. The Morgan fingerprint density at radius 2 is 2.28 bits per heavy atom. The van der Waals surface area contributed by atoms with Gasteiger partial charge >= 0.3 is 5.97 Å². The van der Waals surface area contributed by atoms with Crippen LogP contribution in [0.25, 0.3) is 11.1 Å². The fraction of sp³-hybridized carbons (Fsp3) is 0.385. The van der Waals surface area contributed by atoms with E-state index in [2.05, 4.69) is 10.3 Å². The van der Waals surface area contributed by atoms with Crippen molar-refractivity contribution in [2.75, 3.05) is 7.11 Å². The monoisotopic (exact) mass is 248 g/mol. The van der Waals surface area contributed by atoms with Crippen molar-refractivity contribution < 1.29 is 13.9 Å². The van der Waals surface area contributed by atoms with Crippen molar-refractivity contribution in [3.05, 3.63) is 30.2 Å². The molecule has 0 saturated heterocycles. The Hall–Kier alpha value is -1.88. The van der Waals surface area contributed by atoms with E-state index in [1.807, 2.05) is 18.2 Å². The summed E-state index contributed by atoms with van der Waals surface area (Å²) in [6.45, 7) is 4.12. The van der Waals surface area contributed by atoms with Gasteiger partial charge in [0.1, 0.15) is 11.1 Å². The number of oxazole rings is 1. The van der Waals surface area contributed by atoms with Gasteiger partial charge in [-0.2, -0.15) is 0 Å². The highest BCUT2D eigenvalue weighted by Crippen LogP contribution is 2.15. The molecule has 0 unspecified atom stereocenters. The topological polar surface area (TPSA) is 64.4 Å². The molecule has 1 aromatic carbocycles. The molecule has 0 radical (unpaired) electrons. The third kappa shape index (κ3) is 2.51. The Balaban J connectivity index is 2.07. The number of methoxy groups -OCH3 is 1. The van der Waals surface area contributed by atoms with E-state index in [0.29, 0.717) is 6.54 Å². The van der Waals surface area contributed by atoms with Crippen LogP contribution in [0.2, 0.25) is 0 Å². The molecule has 1 heterocycles. The maximum absolute atomic E-state index is 11.5. The molecule has 96 valence electrons. The Morgan fingerprint density at radius 1 is 1.50 bits per heavy atom. The zero-order valence-corrected chi connectivity index (χ0v) is 10.7. The van der Waals surface area contributed by atoms with Crippen LogP contribution >= 0.6 is 0 Å². The molecular weight excluding hydrogens is 232 g/mol. The number of nitrogens with one attached hydrogen (secondary N) is 1. The third-order valence-electron chi connectivity index (χ3n) is 2.83. The lowest BCUT2D eigenvalue weighted by molar-refractivity contribution is -0.147. The number of hydrogen-bond acceptors (Lipinski definition) is 5. The van der Waals surface area contributed by atoms with Gasteiger partial charge in [0.15, 0.2) is 12.0 Å². The van der Waals surface area contributed by atoms with Gasteiger partial charge in [-0.15, -0.1) is 0 Å². The highest BCUT2D eigenvalue weighted by molar-refractivity contribution is 5.79. The SMILES string of the molecule is COC(=O)C(C)(C)NCc1ccc2ncoc2c1. The molecular formula is C13H16N2O3. The van der Waals surface area contributed by atoms with Crippen LogP contribution in [0.1, 0.15) is 19.4 Å². The van der Waals surface area contributed by atoms with Gasteiger partial charge in [-0.3, -0.25) is 10.1 Å². The first kappa shape index (κ1) is 12.6. The van der Waals surface area contributed by atoms with Gasteiger partial charge < -0.3 is 9.15 Å². The quantitative estimate of drug-likeness (QED) is 0.837. The van der Waals surface area contributed by atoms with Crippen LogP contribution in [-0.2, 0) is 16.1 Å². The van der Waals surface area contributed by atoms with Crippen molar-refractivity contribution in [3.8, 4) is 0 Å². The van der Waals surface area contributed by atoms with Crippen LogP contribution in [0.3, 0.4) is 0 Å². The standard InChI is InChI=1S/C13H16N2O3/c1-13(2,12(16)17-3)15-7-9-4-5-10-11(6-9)18-8-14-10/h4-6,8,15H,7H2,1-3H3. The molecule has 0 amide bonds. The predicted octanol–water partition coefficient (Wildman–Crippen LogP) is 1.87. The summed E-state index contributed by atoms with van der Waals surface area (Å²) in [4.78, 5) is 15.6. The summed E-state index contributed by atoms with van der Waals surface area (Å²) in [7, 11) is 1.38. The number of carbonyl (C=O) groups excluding carboxylic acids is 1. The zero-order chi connectivity index (χ0) is 13.2. The molecule has 0 fully saturated rings. The fourth-order valence-electron chi connectivity index (χ4n) is 1.66. The van der Waals surface area contributed by atoms with Crippen LogP contribution in [0, 0.1) is 0 Å². The second-order valence-electron chi connectivity index (χ2n) is 4.62.